The summed E-state index contributed by atoms with van der Waals surface area (Å²) in [6, 6.07) is 10.5. The van der Waals surface area contributed by atoms with Crippen LogP contribution >= 0.6 is 0 Å². The predicted octanol–water partition coefficient (Wildman–Crippen LogP) is 3.39. The summed E-state index contributed by atoms with van der Waals surface area (Å²) in [5.74, 6) is 0.870. The molecule has 1 aliphatic heterocycles. The molecule has 5 heteroatoms. The molecule has 2 unspecified atom stereocenters. The van der Waals surface area contributed by atoms with E-state index in [1.165, 1.54) is 6.07 Å². The lowest BCUT2D eigenvalue weighted by Gasteiger charge is -2.38. The van der Waals surface area contributed by atoms with Gasteiger partial charge in [0.25, 0.3) is 0 Å². The Hall–Kier alpha value is -2.14. The van der Waals surface area contributed by atoms with Crippen molar-refractivity contribution in [2.45, 2.75) is 30.6 Å². The van der Waals surface area contributed by atoms with E-state index in [4.69, 9.17) is 9.15 Å². The summed E-state index contributed by atoms with van der Waals surface area (Å²) < 4.78 is 24.6. The molecular weight excluding hydrogens is 321 g/mol. The molecular formula is C20H22FNO3. The molecule has 2 aliphatic rings. The van der Waals surface area contributed by atoms with Crippen molar-refractivity contribution in [3.05, 3.63) is 59.8 Å². The van der Waals surface area contributed by atoms with Crippen LogP contribution in [0.25, 0.3) is 0 Å². The SMILES string of the molecule is O=C(NCC1(c2cccc(F)c2)CCOCC1)C1CC1c1ccco1. The van der Waals surface area contributed by atoms with E-state index in [0.29, 0.717) is 19.8 Å². The van der Waals surface area contributed by atoms with Gasteiger partial charge in [-0.2, -0.15) is 0 Å². The van der Waals surface area contributed by atoms with Gasteiger partial charge in [-0.15, -0.1) is 0 Å². The third-order valence-electron chi connectivity index (χ3n) is 5.52. The smallest absolute Gasteiger partial charge is 0.223 e. The van der Waals surface area contributed by atoms with Gasteiger partial charge in [-0.25, -0.2) is 4.39 Å². The van der Waals surface area contributed by atoms with Gasteiger partial charge in [-0.1, -0.05) is 12.1 Å². The Bertz CT molecular complexity index is 737. The molecule has 0 bridgehead atoms. The number of hydrogen-bond acceptors (Lipinski definition) is 3. The van der Waals surface area contributed by atoms with Crippen LogP contribution in [0.3, 0.4) is 0 Å². The Morgan fingerprint density at radius 1 is 1.24 bits per heavy atom. The highest BCUT2D eigenvalue weighted by Crippen LogP contribution is 2.47. The van der Waals surface area contributed by atoms with Crippen molar-refractivity contribution < 1.29 is 18.3 Å². The Morgan fingerprint density at radius 3 is 2.80 bits per heavy atom. The topological polar surface area (TPSA) is 51.5 Å². The molecule has 25 heavy (non-hydrogen) atoms. The van der Waals surface area contributed by atoms with E-state index in [-0.39, 0.29) is 29.0 Å². The predicted molar refractivity (Wildman–Crippen MR) is 90.7 cm³/mol. The Kier molecular flexibility index (Phi) is 4.34. The van der Waals surface area contributed by atoms with Gasteiger partial charge >= 0.3 is 0 Å². The summed E-state index contributed by atoms with van der Waals surface area (Å²) in [6.07, 6.45) is 4.03. The minimum Gasteiger partial charge on any atom is -0.469 e. The van der Waals surface area contributed by atoms with E-state index in [9.17, 15) is 9.18 Å². The van der Waals surface area contributed by atoms with Crippen LogP contribution in [0.5, 0.6) is 0 Å². The number of halogens is 1. The third kappa shape index (κ3) is 3.33. The van der Waals surface area contributed by atoms with Gasteiger partial charge in [0, 0.05) is 37.0 Å². The summed E-state index contributed by atoms with van der Waals surface area (Å²) in [6.45, 7) is 1.77. The molecule has 2 aromatic rings. The first-order valence-electron chi connectivity index (χ1n) is 8.83. The average molecular weight is 343 g/mol. The van der Waals surface area contributed by atoms with Crippen LogP contribution in [-0.4, -0.2) is 25.7 Å². The third-order valence-corrected chi connectivity index (χ3v) is 5.52. The molecule has 1 aromatic heterocycles. The Morgan fingerprint density at radius 2 is 2.08 bits per heavy atom. The second-order valence-electron chi connectivity index (χ2n) is 7.08. The van der Waals surface area contributed by atoms with Crippen LogP contribution in [0.4, 0.5) is 4.39 Å². The van der Waals surface area contributed by atoms with E-state index in [0.717, 1.165) is 30.6 Å². The number of benzene rings is 1. The summed E-state index contributed by atoms with van der Waals surface area (Å²) in [5.41, 5.74) is 0.680. The second-order valence-corrected chi connectivity index (χ2v) is 7.08. The van der Waals surface area contributed by atoms with Gasteiger partial charge < -0.3 is 14.5 Å². The van der Waals surface area contributed by atoms with Crippen molar-refractivity contribution in [2.75, 3.05) is 19.8 Å². The molecule has 0 spiro atoms. The number of furan rings is 1. The first-order chi connectivity index (χ1) is 12.2. The van der Waals surface area contributed by atoms with Crippen LogP contribution in [0.15, 0.2) is 47.1 Å². The molecule has 132 valence electrons. The monoisotopic (exact) mass is 343 g/mol. The number of ether oxygens (including phenoxy) is 1. The van der Waals surface area contributed by atoms with Crippen LogP contribution in [0, 0.1) is 11.7 Å². The zero-order chi connectivity index (χ0) is 17.3. The molecule has 4 nitrogen and oxygen atoms in total. The van der Waals surface area contributed by atoms with Crippen molar-refractivity contribution in [3.63, 3.8) is 0 Å². The number of rotatable bonds is 5. The second kappa shape index (κ2) is 6.64. The number of amides is 1. The number of carbonyl (C=O) groups excluding carboxylic acids is 1. The maximum absolute atomic E-state index is 13.7. The van der Waals surface area contributed by atoms with Crippen LogP contribution in [-0.2, 0) is 14.9 Å². The largest absolute Gasteiger partial charge is 0.469 e. The normalized spacial score (nSPS) is 24.7. The lowest BCUT2D eigenvalue weighted by Crippen LogP contribution is -2.45. The number of hydrogen-bond donors (Lipinski definition) is 1. The minimum atomic E-state index is -0.259. The molecule has 2 heterocycles. The fourth-order valence-electron chi connectivity index (χ4n) is 3.84. The quantitative estimate of drug-likeness (QED) is 0.905. The van der Waals surface area contributed by atoms with E-state index >= 15 is 0 Å². The molecule has 2 fully saturated rings. The van der Waals surface area contributed by atoms with E-state index in [1.807, 2.05) is 18.2 Å². The Labute approximate surface area is 146 Å². The molecule has 1 amide bonds. The summed E-state index contributed by atoms with van der Waals surface area (Å²) in [7, 11) is 0. The standard InChI is InChI=1S/C20H22FNO3/c21-15-4-1-3-14(11-15)20(6-9-24-10-7-20)13-22-19(23)17-12-16(17)18-5-2-8-25-18/h1-5,8,11,16-17H,6-7,9-10,12-13H2,(H,22,23). The number of nitrogens with one attached hydrogen (secondary N) is 1. The lowest BCUT2D eigenvalue weighted by molar-refractivity contribution is -0.123. The molecule has 1 aromatic carbocycles. The molecule has 2 atom stereocenters. The zero-order valence-corrected chi connectivity index (χ0v) is 14.0. The van der Waals surface area contributed by atoms with Crippen molar-refractivity contribution >= 4 is 5.91 Å². The van der Waals surface area contributed by atoms with Crippen molar-refractivity contribution in [3.8, 4) is 0 Å². The Balaban J connectivity index is 1.44. The van der Waals surface area contributed by atoms with Crippen molar-refractivity contribution in [1.29, 1.82) is 0 Å². The van der Waals surface area contributed by atoms with Gasteiger partial charge in [0.1, 0.15) is 11.6 Å². The summed E-state index contributed by atoms with van der Waals surface area (Å²) >= 11 is 0. The van der Waals surface area contributed by atoms with Crippen LogP contribution < -0.4 is 5.32 Å². The highest BCUT2D eigenvalue weighted by Gasteiger charge is 2.46. The molecule has 1 N–H and O–H groups in total. The van der Waals surface area contributed by atoms with Gasteiger partial charge in [-0.3, -0.25) is 4.79 Å². The molecule has 4 rings (SSSR count). The maximum Gasteiger partial charge on any atom is 0.223 e. The fourth-order valence-corrected chi connectivity index (χ4v) is 3.84. The van der Waals surface area contributed by atoms with E-state index in [2.05, 4.69) is 5.32 Å². The highest BCUT2D eigenvalue weighted by molar-refractivity contribution is 5.82. The fraction of sp³-hybridized carbons (Fsp3) is 0.450. The van der Waals surface area contributed by atoms with Crippen molar-refractivity contribution in [1.82, 2.24) is 5.32 Å². The van der Waals surface area contributed by atoms with E-state index < -0.39 is 0 Å². The first-order valence-corrected chi connectivity index (χ1v) is 8.83. The summed E-state index contributed by atoms with van der Waals surface area (Å²) in [4.78, 5) is 12.5. The first kappa shape index (κ1) is 16.3. The number of carbonyl (C=O) groups is 1. The summed E-state index contributed by atoms with van der Waals surface area (Å²) in [5, 5.41) is 3.11. The molecule has 1 saturated carbocycles. The molecule has 1 aliphatic carbocycles. The van der Waals surface area contributed by atoms with Gasteiger partial charge in [-0.05, 0) is 49.1 Å². The molecule has 0 radical (unpaired) electrons. The molecule has 1 saturated heterocycles. The minimum absolute atomic E-state index is 0.0180. The maximum atomic E-state index is 13.7. The zero-order valence-electron chi connectivity index (χ0n) is 14.0. The van der Waals surface area contributed by atoms with Crippen LogP contribution in [0.1, 0.15) is 36.5 Å². The van der Waals surface area contributed by atoms with Crippen molar-refractivity contribution in [2.24, 2.45) is 5.92 Å². The van der Waals surface area contributed by atoms with E-state index in [1.54, 1.807) is 18.4 Å². The average Bonchev–Trinajstić information content (AvgIpc) is 3.25. The highest BCUT2D eigenvalue weighted by atomic mass is 19.1. The van der Waals surface area contributed by atoms with Gasteiger partial charge in [0.2, 0.25) is 5.91 Å². The van der Waals surface area contributed by atoms with Crippen LogP contribution in [0.2, 0.25) is 0 Å². The lowest BCUT2D eigenvalue weighted by atomic mass is 9.74. The van der Waals surface area contributed by atoms with Gasteiger partial charge in [0.05, 0.1) is 6.26 Å². The van der Waals surface area contributed by atoms with Gasteiger partial charge in [0.15, 0.2) is 0 Å².